The third-order valence-electron chi connectivity index (χ3n) is 7.18. The van der Waals surface area contributed by atoms with Gasteiger partial charge in [-0.15, -0.1) is 0 Å². The van der Waals surface area contributed by atoms with Gasteiger partial charge in [0.25, 0.3) is 5.56 Å². The molecule has 3 aromatic rings. The van der Waals surface area contributed by atoms with Crippen LogP contribution in [0.3, 0.4) is 0 Å². The summed E-state index contributed by atoms with van der Waals surface area (Å²) in [5.41, 5.74) is 1.56. The molecule has 2 aromatic carbocycles. The highest BCUT2D eigenvalue weighted by molar-refractivity contribution is 6.04. The van der Waals surface area contributed by atoms with Crippen molar-refractivity contribution >= 4 is 29.3 Å². The number of fused-ring (bicyclic) bond motifs is 2. The molecular formula is C27H27N5O5. The number of ether oxygens (including phenoxy) is 2. The molecule has 1 aromatic heterocycles. The second-order valence-corrected chi connectivity index (χ2v) is 9.63. The number of nitrogens with zero attached hydrogens (tertiary/aromatic N) is 2. The van der Waals surface area contributed by atoms with Crippen molar-refractivity contribution in [2.45, 2.75) is 31.6 Å². The van der Waals surface area contributed by atoms with E-state index in [4.69, 9.17) is 9.47 Å². The Hall–Kier alpha value is -4.34. The lowest BCUT2D eigenvalue weighted by atomic mass is 9.90. The van der Waals surface area contributed by atoms with Crippen LogP contribution in [-0.2, 0) is 16.0 Å². The summed E-state index contributed by atoms with van der Waals surface area (Å²) < 4.78 is 10.7. The number of rotatable bonds is 5. The molecule has 0 spiro atoms. The number of hydrogen-bond donors (Lipinski definition) is 3. The van der Waals surface area contributed by atoms with Crippen molar-refractivity contribution < 1.29 is 19.1 Å². The zero-order chi connectivity index (χ0) is 25.4. The van der Waals surface area contributed by atoms with Crippen molar-refractivity contribution in [3.63, 3.8) is 0 Å². The van der Waals surface area contributed by atoms with Crippen LogP contribution in [0.4, 0.5) is 17.5 Å². The molecule has 1 atom stereocenters. The van der Waals surface area contributed by atoms with Crippen molar-refractivity contribution in [1.29, 1.82) is 0 Å². The van der Waals surface area contributed by atoms with E-state index in [0.717, 1.165) is 32.4 Å². The van der Waals surface area contributed by atoms with Gasteiger partial charge in [0.1, 0.15) is 5.82 Å². The summed E-state index contributed by atoms with van der Waals surface area (Å²) >= 11 is 0. The van der Waals surface area contributed by atoms with Crippen molar-refractivity contribution in [1.82, 2.24) is 9.97 Å². The van der Waals surface area contributed by atoms with Crippen LogP contribution in [-0.4, -0.2) is 41.7 Å². The van der Waals surface area contributed by atoms with Gasteiger partial charge in [-0.1, -0.05) is 30.3 Å². The Morgan fingerprint density at radius 3 is 2.65 bits per heavy atom. The SMILES string of the molecule is O=C1C[C@@H](C(=O)Nc2ccc3c(c2)OCO3)c2c(nc(N3CCC(Cc4ccccc4)CC3)[nH]c2=O)N1. The van der Waals surface area contributed by atoms with E-state index in [1.807, 2.05) is 11.0 Å². The highest BCUT2D eigenvalue weighted by Crippen LogP contribution is 2.36. The number of benzene rings is 2. The normalized spacial score (nSPS) is 18.8. The molecule has 3 N–H and O–H groups in total. The van der Waals surface area contributed by atoms with Crippen LogP contribution in [0.2, 0.25) is 0 Å². The lowest BCUT2D eigenvalue weighted by Crippen LogP contribution is -2.40. The number of hydrogen-bond acceptors (Lipinski definition) is 7. The minimum absolute atomic E-state index is 0.122. The summed E-state index contributed by atoms with van der Waals surface area (Å²) in [5.74, 6) is 0.462. The van der Waals surface area contributed by atoms with E-state index in [0.29, 0.717) is 29.1 Å². The fraction of sp³-hybridized carbons (Fsp3) is 0.333. The van der Waals surface area contributed by atoms with E-state index in [2.05, 4.69) is 44.9 Å². The van der Waals surface area contributed by atoms with E-state index in [9.17, 15) is 14.4 Å². The smallest absolute Gasteiger partial charge is 0.258 e. The van der Waals surface area contributed by atoms with Gasteiger partial charge in [0.2, 0.25) is 24.6 Å². The van der Waals surface area contributed by atoms with Crippen LogP contribution in [0.25, 0.3) is 0 Å². The fourth-order valence-electron chi connectivity index (χ4n) is 5.23. The van der Waals surface area contributed by atoms with Crippen molar-refractivity contribution in [3.8, 4) is 11.5 Å². The van der Waals surface area contributed by atoms with Gasteiger partial charge in [-0.25, -0.2) is 0 Å². The van der Waals surface area contributed by atoms with Gasteiger partial charge in [-0.3, -0.25) is 19.4 Å². The topological polar surface area (TPSA) is 126 Å². The monoisotopic (exact) mass is 501 g/mol. The molecule has 10 heteroatoms. The second-order valence-electron chi connectivity index (χ2n) is 9.63. The molecule has 3 aliphatic heterocycles. The molecule has 2 amide bonds. The first-order chi connectivity index (χ1) is 18.0. The first kappa shape index (κ1) is 23.1. The maximum absolute atomic E-state index is 13.2. The van der Waals surface area contributed by atoms with Crippen LogP contribution in [0.5, 0.6) is 11.5 Å². The van der Waals surface area contributed by atoms with Crippen LogP contribution in [0.15, 0.2) is 53.3 Å². The Labute approximate surface area is 213 Å². The molecule has 1 saturated heterocycles. The number of aromatic nitrogens is 2. The Morgan fingerprint density at radius 2 is 1.84 bits per heavy atom. The predicted molar refractivity (Wildman–Crippen MR) is 137 cm³/mol. The first-order valence-corrected chi connectivity index (χ1v) is 12.5. The minimum atomic E-state index is -0.962. The molecule has 0 aliphatic carbocycles. The third kappa shape index (κ3) is 4.74. The number of aromatic amines is 1. The standard InChI is InChI=1S/C27H27N5O5/c33-22-14-19(25(34)28-18-6-7-20-21(13-18)37-15-36-20)23-24(29-22)30-27(31-26(23)35)32-10-8-17(9-11-32)12-16-4-2-1-3-5-16/h1-7,13,17,19H,8-12,14-15H2,(H,28,34)(H2,29,30,31,33,35)/t19-/m1/s1. The number of nitrogens with one attached hydrogen (secondary N) is 3. The highest BCUT2D eigenvalue weighted by atomic mass is 16.7. The number of anilines is 3. The maximum Gasteiger partial charge on any atom is 0.258 e. The minimum Gasteiger partial charge on any atom is -0.454 e. The fourth-order valence-corrected chi connectivity index (χ4v) is 5.23. The molecule has 37 heavy (non-hydrogen) atoms. The molecular weight excluding hydrogens is 474 g/mol. The second kappa shape index (κ2) is 9.61. The number of carbonyl (C=O) groups is 2. The molecule has 0 saturated carbocycles. The number of piperidine rings is 1. The summed E-state index contributed by atoms with van der Waals surface area (Å²) in [4.78, 5) is 48.2. The van der Waals surface area contributed by atoms with Gasteiger partial charge < -0.3 is 25.0 Å². The molecule has 0 bridgehead atoms. The average Bonchev–Trinajstić information content (AvgIpc) is 3.37. The molecule has 0 unspecified atom stereocenters. The van der Waals surface area contributed by atoms with Gasteiger partial charge in [-0.2, -0.15) is 4.98 Å². The van der Waals surface area contributed by atoms with Crippen molar-refractivity contribution in [2.75, 3.05) is 35.4 Å². The molecule has 0 radical (unpaired) electrons. The molecule has 1 fully saturated rings. The van der Waals surface area contributed by atoms with Gasteiger partial charge in [-0.05, 0) is 42.9 Å². The van der Waals surface area contributed by atoms with E-state index in [1.54, 1.807) is 18.2 Å². The number of H-pyrrole nitrogens is 1. The van der Waals surface area contributed by atoms with E-state index in [1.165, 1.54) is 5.56 Å². The number of carbonyl (C=O) groups excluding carboxylic acids is 2. The zero-order valence-corrected chi connectivity index (χ0v) is 20.2. The Kier molecular flexibility index (Phi) is 5.99. The number of amides is 2. The van der Waals surface area contributed by atoms with Crippen LogP contribution < -0.4 is 30.6 Å². The van der Waals surface area contributed by atoms with Gasteiger partial charge in [0, 0.05) is 31.3 Å². The van der Waals surface area contributed by atoms with Crippen LogP contribution in [0, 0.1) is 5.92 Å². The highest BCUT2D eigenvalue weighted by Gasteiger charge is 2.35. The summed E-state index contributed by atoms with van der Waals surface area (Å²) in [6.07, 6.45) is 2.84. The van der Waals surface area contributed by atoms with E-state index >= 15 is 0 Å². The Morgan fingerprint density at radius 1 is 1.05 bits per heavy atom. The quantitative estimate of drug-likeness (QED) is 0.491. The van der Waals surface area contributed by atoms with E-state index < -0.39 is 17.4 Å². The molecule has 6 rings (SSSR count). The Balaban J connectivity index is 1.17. The molecule has 3 aliphatic rings. The molecule has 190 valence electrons. The zero-order valence-electron chi connectivity index (χ0n) is 20.2. The molecule has 10 nitrogen and oxygen atoms in total. The van der Waals surface area contributed by atoms with Crippen LogP contribution in [0.1, 0.15) is 36.3 Å². The summed E-state index contributed by atoms with van der Waals surface area (Å²) in [7, 11) is 0. The summed E-state index contributed by atoms with van der Waals surface area (Å²) in [5, 5.41) is 5.48. The summed E-state index contributed by atoms with van der Waals surface area (Å²) in [6.45, 7) is 1.62. The summed E-state index contributed by atoms with van der Waals surface area (Å²) in [6, 6.07) is 15.5. The van der Waals surface area contributed by atoms with Gasteiger partial charge in [0.05, 0.1) is 11.5 Å². The van der Waals surface area contributed by atoms with Gasteiger partial charge in [0.15, 0.2) is 11.5 Å². The van der Waals surface area contributed by atoms with Gasteiger partial charge >= 0.3 is 0 Å². The lowest BCUT2D eigenvalue weighted by molar-refractivity contribution is -0.123. The first-order valence-electron chi connectivity index (χ1n) is 12.5. The maximum atomic E-state index is 13.2. The average molecular weight is 502 g/mol. The predicted octanol–water partition coefficient (Wildman–Crippen LogP) is 3.02. The van der Waals surface area contributed by atoms with Crippen molar-refractivity contribution in [2.24, 2.45) is 5.92 Å². The lowest BCUT2D eigenvalue weighted by Gasteiger charge is -2.33. The van der Waals surface area contributed by atoms with Crippen molar-refractivity contribution in [3.05, 3.63) is 70.0 Å². The largest absolute Gasteiger partial charge is 0.454 e. The Bertz CT molecular complexity index is 1400. The van der Waals surface area contributed by atoms with Crippen LogP contribution >= 0.6 is 0 Å². The van der Waals surface area contributed by atoms with E-state index in [-0.39, 0.29) is 30.5 Å². The third-order valence-corrected chi connectivity index (χ3v) is 7.18. The molecule has 4 heterocycles.